The number of para-hydroxylation sites is 1. The topological polar surface area (TPSA) is 15.3 Å². The molecule has 2 aliphatic heterocycles. The molecule has 1 aromatic rings. The summed E-state index contributed by atoms with van der Waals surface area (Å²) in [6.45, 7) is 4.69. The largest absolute Gasteiger partial charge is 0.383 e. The minimum Gasteiger partial charge on any atom is -0.383 e. The zero-order chi connectivity index (χ0) is 13.1. The van der Waals surface area contributed by atoms with Gasteiger partial charge in [-0.05, 0) is 50.2 Å². The van der Waals surface area contributed by atoms with Gasteiger partial charge < -0.3 is 10.2 Å². The molecule has 1 fully saturated rings. The molecule has 104 valence electrons. The van der Waals surface area contributed by atoms with Gasteiger partial charge in [0.05, 0.1) is 11.4 Å². The summed E-state index contributed by atoms with van der Waals surface area (Å²) in [6.07, 6.45) is 9.27. The van der Waals surface area contributed by atoms with Crippen molar-refractivity contribution >= 4 is 11.4 Å². The Labute approximate surface area is 117 Å². The van der Waals surface area contributed by atoms with Crippen LogP contribution >= 0.6 is 0 Å². The molecule has 1 unspecified atom stereocenters. The molecule has 2 heteroatoms. The average Bonchev–Trinajstić information content (AvgIpc) is 2.48. The van der Waals surface area contributed by atoms with Gasteiger partial charge in [0.15, 0.2) is 0 Å². The number of benzene rings is 1. The van der Waals surface area contributed by atoms with Crippen LogP contribution in [0.4, 0.5) is 11.4 Å². The molecule has 0 spiro atoms. The summed E-state index contributed by atoms with van der Waals surface area (Å²) in [4.78, 5) is 2.68. The molecule has 19 heavy (non-hydrogen) atoms. The zero-order valence-corrected chi connectivity index (χ0v) is 12.1. The second-order valence-corrected chi connectivity index (χ2v) is 5.97. The third-order valence-electron chi connectivity index (χ3n) is 4.61. The van der Waals surface area contributed by atoms with Crippen LogP contribution in [0.25, 0.3) is 0 Å². The number of anilines is 2. The van der Waals surface area contributed by atoms with Crippen LogP contribution in [-0.2, 0) is 6.42 Å². The monoisotopic (exact) mass is 258 g/mol. The quantitative estimate of drug-likeness (QED) is 0.874. The Kier molecular flexibility index (Phi) is 3.95. The predicted molar refractivity (Wildman–Crippen MR) is 83.1 cm³/mol. The van der Waals surface area contributed by atoms with Crippen molar-refractivity contribution in [1.29, 1.82) is 0 Å². The lowest BCUT2D eigenvalue weighted by molar-refractivity contribution is 0.435. The van der Waals surface area contributed by atoms with Crippen LogP contribution in [0.15, 0.2) is 18.2 Å². The van der Waals surface area contributed by atoms with Gasteiger partial charge in [0.2, 0.25) is 0 Å². The lowest BCUT2D eigenvalue weighted by atomic mass is 9.95. The van der Waals surface area contributed by atoms with E-state index < -0.39 is 0 Å². The van der Waals surface area contributed by atoms with Crippen LogP contribution in [-0.4, -0.2) is 19.1 Å². The summed E-state index contributed by atoms with van der Waals surface area (Å²) in [6, 6.07) is 7.63. The molecular formula is C17H26N2. The summed E-state index contributed by atoms with van der Waals surface area (Å²) in [5.74, 6) is 0. The minimum absolute atomic E-state index is 0.758. The van der Waals surface area contributed by atoms with E-state index in [1.54, 1.807) is 0 Å². The van der Waals surface area contributed by atoms with Crippen LogP contribution in [0.1, 0.15) is 51.0 Å². The molecule has 2 heterocycles. The van der Waals surface area contributed by atoms with Gasteiger partial charge in [0, 0.05) is 19.1 Å². The maximum absolute atomic E-state index is 3.65. The van der Waals surface area contributed by atoms with E-state index in [1.807, 2.05) is 0 Å². The number of rotatable bonds is 3. The molecule has 0 saturated carbocycles. The number of fused-ring (bicyclic) bond motifs is 1. The standard InChI is InChI=1S/C17H26N2/c1-2-7-15-10-3-4-13-19(15)16-11-5-8-14-9-6-12-18-17(14)16/h5,8,11,15,18H,2-4,6-7,9-10,12-13H2,1H3. The Morgan fingerprint density at radius 2 is 2.21 bits per heavy atom. The van der Waals surface area contributed by atoms with E-state index in [1.165, 1.54) is 68.4 Å². The second-order valence-electron chi connectivity index (χ2n) is 5.97. The van der Waals surface area contributed by atoms with Gasteiger partial charge in [-0.1, -0.05) is 25.5 Å². The number of hydrogen-bond acceptors (Lipinski definition) is 2. The maximum Gasteiger partial charge on any atom is 0.0610 e. The van der Waals surface area contributed by atoms with Gasteiger partial charge >= 0.3 is 0 Å². The van der Waals surface area contributed by atoms with Crippen LogP contribution in [0.5, 0.6) is 0 Å². The van der Waals surface area contributed by atoms with Gasteiger partial charge in [-0.15, -0.1) is 0 Å². The van der Waals surface area contributed by atoms with Crippen LogP contribution in [0.2, 0.25) is 0 Å². The first-order chi connectivity index (χ1) is 9.40. The van der Waals surface area contributed by atoms with Crippen molar-refractivity contribution < 1.29 is 0 Å². The summed E-state index contributed by atoms with van der Waals surface area (Å²) < 4.78 is 0. The second kappa shape index (κ2) is 5.85. The highest BCUT2D eigenvalue weighted by Gasteiger charge is 2.25. The van der Waals surface area contributed by atoms with E-state index in [0.29, 0.717) is 0 Å². The predicted octanol–water partition coefficient (Wildman–Crippen LogP) is 4.20. The third-order valence-corrected chi connectivity index (χ3v) is 4.61. The fourth-order valence-corrected chi connectivity index (χ4v) is 3.68. The molecule has 1 aromatic carbocycles. The minimum atomic E-state index is 0.758. The Morgan fingerprint density at radius 3 is 3.11 bits per heavy atom. The highest BCUT2D eigenvalue weighted by atomic mass is 15.2. The SMILES string of the molecule is CCCC1CCCCN1c1cccc2c1NCCC2. The molecule has 2 nitrogen and oxygen atoms in total. The molecule has 2 aliphatic rings. The van der Waals surface area contributed by atoms with Crippen molar-refractivity contribution in [3.8, 4) is 0 Å². The van der Waals surface area contributed by atoms with Crippen molar-refractivity contribution in [2.75, 3.05) is 23.3 Å². The van der Waals surface area contributed by atoms with Crippen LogP contribution < -0.4 is 10.2 Å². The fraction of sp³-hybridized carbons (Fsp3) is 0.647. The molecule has 0 amide bonds. The van der Waals surface area contributed by atoms with E-state index >= 15 is 0 Å². The van der Waals surface area contributed by atoms with E-state index in [4.69, 9.17) is 0 Å². The lowest BCUT2D eigenvalue weighted by Crippen LogP contribution is -2.40. The molecule has 0 bridgehead atoms. The Morgan fingerprint density at radius 1 is 1.26 bits per heavy atom. The molecule has 1 saturated heterocycles. The van der Waals surface area contributed by atoms with Crippen molar-refractivity contribution in [2.45, 2.75) is 57.9 Å². The normalized spacial score (nSPS) is 22.8. The number of nitrogens with one attached hydrogen (secondary N) is 1. The number of aryl methyl sites for hydroxylation is 1. The Hall–Kier alpha value is -1.18. The first-order valence-electron chi connectivity index (χ1n) is 8.02. The van der Waals surface area contributed by atoms with Crippen molar-refractivity contribution in [3.05, 3.63) is 23.8 Å². The molecule has 1 N–H and O–H groups in total. The zero-order valence-electron chi connectivity index (χ0n) is 12.1. The summed E-state index contributed by atoms with van der Waals surface area (Å²) >= 11 is 0. The molecule has 3 rings (SSSR count). The molecule has 1 atom stereocenters. The molecule has 0 radical (unpaired) electrons. The lowest BCUT2D eigenvalue weighted by Gasteiger charge is -2.39. The van der Waals surface area contributed by atoms with Crippen LogP contribution in [0, 0.1) is 0 Å². The Bertz CT molecular complexity index is 425. The van der Waals surface area contributed by atoms with E-state index in [-0.39, 0.29) is 0 Å². The van der Waals surface area contributed by atoms with Gasteiger partial charge in [0.1, 0.15) is 0 Å². The van der Waals surface area contributed by atoms with Gasteiger partial charge in [-0.25, -0.2) is 0 Å². The summed E-state index contributed by atoms with van der Waals surface area (Å²) in [7, 11) is 0. The van der Waals surface area contributed by atoms with E-state index in [2.05, 4.69) is 35.3 Å². The molecular weight excluding hydrogens is 232 g/mol. The number of nitrogens with zero attached hydrogens (tertiary/aromatic N) is 1. The van der Waals surface area contributed by atoms with Gasteiger partial charge in [0.25, 0.3) is 0 Å². The maximum atomic E-state index is 3.65. The summed E-state index contributed by atoms with van der Waals surface area (Å²) in [5, 5.41) is 3.65. The first-order valence-corrected chi connectivity index (χ1v) is 8.02. The van der Waals surface area contributed by atoms with Crippen molar-refractivity contribution in [1.82, 2.24) is 0 Å². The molecule has 0 aromatic heterocycles. The Balaban J connectivity index is 1.91. The third kappa shape index (κ3) is 2.58. The summed E-state index contributed by atoms with van der Waals surface area (Å²) in [5.41, 5.74) is 4.41. The van der Waals surface area contributed by atoms with Gasteiger partial charge in [-0.3, -0.25) is 0 Å². The smallest absolute Gasteiger partial charge is 0.0610 e. The average molecular weight is 258 g/mol. The fourth-order valence-electron chi connectivity index (χ4n) is 3.68. The molecule has 0 aliphatic carbocycles. The van der Waals surface area contributed by atoms with E-state index in [9.17, 15) is 0 Å². The number of hydrogen-bond donors (Lipinski definition) is 1. The highest BCUT2D eigenvalue weighted by Crippen LogP contribution is 2.36. The highest BCUT2D eigenvalue weighted by molar-refractivity contribution is 5.75. The first kappa shape index (κ1) is 12.8. The van der Waals surface area contributed by atoms with Gasteiger partial charge in [-0.2, -0.15) is 0 Å². The number of piperidine rings is 1. The van der Waals surface area contributed by atoms with E-state index in [0.717, 1.165) is 12.6 Å². The van der Waals surface area contributed by atoms with Crippen molar-refractivity contribution in [2.24, 2.45) is 0 Å². The van der Waals surface area contributed by atoms with Crippen molar-refractivity contribution in [3.63, 3.8) is 0 Å². The van der Waals surface area contributed by atoms with Crippen LogP contribution in [0.3, 0.4) is 0 Å².